The minimum Gasteiger partial charge on any atom is -0.399 e. The van der Waals surface area contributed by atoms with Crippen molar-refractivity contribution in [3.05, 3.63) is 28.2 Å². The molecule has 1 aromatic carbocycles. The van der Waals surface area contributed by atoms with Crippen molar-refractivity contribution in [1.29, 1.82) is 0 Å². The molecule has 0 aliphatic carbocycles. The third-order valence-corrected chi connectivity index (χ3v) is 2.90. The fourth-order valence-electron chi connectivity index (χ4n) is 1.30. The molecule has 2 N–H and O–H groups in total. The SMILES string of the molecule is CC(C)COCCOCc1ccc(N)cc1Br. The van der Waals surface area contributed by atoms with E-state index in [2.05, 4.69) is 29.8 Å². The van der Waals surface area contributed by atoms with E-state index in [9.17, 15) is 0 Å². The van der Waals surface area contributed by atoms with Gasteiger partial charge in [0.05, 0.1) is 19.8 Å². The van der Waals surface area contributed by atoms with E-state index in [1.807, 2.05) is 18.2 Å². The number of halogens is 1. The Morgan fingerprint density at radius 1 is 1.24 bits per heavy atom. The van der Waals surface area contributed by atoms with Gasteiger partial charge in [-0.2, -0.15) is 0 Å². The smallest absolute Gasteiger partial charge is 0.0729 e. The molecule has 0 aromatic heterocycles. The van der Waals surface area contributed by atoms with E-state index in [4.69, 9.17) is 15.2 Å². The summed E-state index contributed by atoms with van der Waals surface area (Å²) in [4.78, 5) is 0. The minimum absolute atomic E-state index is 0.571. The highest BCUT2D eigenvalue weighted by molar-refractivity contribution is 9.10. The van der Waals surface area contributed by atoms with Crippen molar-refractivity contribution >= 4 is 21.6 Å². The molecule has 0 spiro atoms. The highest BCUT2D eigenvalue weighted by Gasteiger charge is 2.00. The summed E-state index contributed by atoms with van der Waals surface area (Å²) in [6.07, 6.45) is 0. The van der Waals surface area contributed by atoms with Crippen LogP contribution in [0, 0.1) is 5.92 Å². The van der Waals surface area contributed by atoms with E-state index in [0.717, 1.165) is 22.3 Å². The molecule has 0 unspecified atom stereocenters. The fraction of sp³-hybridized carbons (Fsp3) is 0.538. The van der Waals surface area contributed by atoms with E-state index in [1.165, 1.54) is 0 Å². The lowest BCUT2D eigenvalue weighted by molar-refractivity contribution is 0.0313. The predicted molar refractivity (Wildman–Crippen MR) is 73.9 cm³/mol. The van der Waals surface area contributed by atoms with Gasteiger partial charge in [0.2, 0.25) is 0 Å². The number of nitrogen functional groups attached to an aromatic ring is 1. The highest BCUT2D eigenvalue weighted by Crippen LogP contribution is 2.20. The van der Waals surface area contributed by atoms with Gasteiger partial charge < -0.3 is 15.2 Å². The van der Waals surface area contributed by atoms with Crippen molar-refractivity contribution in [3.63, 3.8) is 0 Å². The fourth-order valence-corrected chi connectivity index (χ4v) is 1.81. The maximum atomic E-state index is 5.66. The first-order chi connectivity index (χ1) is 8.09. The molecule has 4 heteroatoms. The number of ether oxygens (including phenoxy) is 2. The summed E-state index contributed by atoms with van der Waals surface area (Å²) in [6, 6.07) is 5.72. The highest BCUT2D eigenvalue weighted by atomic mass is 79.9. The molecule has 0 aliphatic rings. The summed E-state index contributed by atoms with van der Waals surface area (Å²) in [6.45, 7) is 6.88. The average molecular weight is 302 g/mol. The van der Waals surface area contributed by atoms with Crippen LogP contribution in [0.5, 0.6) is 0 Å². The van der Waals surface area contributed by atoms with Gasteiger partial charge in [-0.05, 0) is 23.6 Å². The summed E-state index contributed by atoms with van der Waals surface area (Å²) in [5, 5.41) is 0. The van der Waals surface area contributed by atoms with Gasteiger partial charge in [-0.3, -0.25) is 0 Å². The van der Waals surface area contributed by atoms with Crippen LogP contribution in [0.25, 0.3) is 0 Å². The molecule has 0 aliphatic heterocycles. The van der Waals surface area contributed by atoms with Gasteiger partial charge in [-0.1, -0.05) is 35.8 Å². The molecule has 96 valence electrons. The first-order valence-electron chi connectivity index (χ1n) is 5.79. The van der Waals surface area contributed by atoms with E-state index < -0.39 is 0 Å². The van der Waals surface area contributed by atoms with E-state index >= 15 is 0 Å². The van der Waals surface area contributed by atoms with Crippen molar-refractivity contribution < 1.29 is 9.47 Å². The second-order valence-electron chi connectivity index (χ2n) is 4.37. The third-order valence-electron chi connectivity index (χ3n) is 2.16. The number of hydrogen-bond acceptors (Lipinski definition) is 3. The van der Waals surface area contributed by atoms with Crippen LogP contribution in [0.1, 0.15) is 19.4 Å². The van der Waals surface area contributed by atoms with Crippen molar-refractivity contribution in [2.75, 3.05) is 25.6 Å². The number of rotatable bonds is 7. The Hall–Kier alpha value is -0.580. The first kappa shape index (κ1) is 14.5. The standard InChI is InChI=1S/C13H20BrNO2/c1-10(2)8-16-5-6-17-9-11-3-4-12(15)7-13(11)14/h3-4,7,10H,5-6,8-9,15H2,1-2H3. The van der Waals surface area contributed by atoms with Gasteiger partial charge in [-0.25, -0.2) is 0 Å². The lowest BCUT2D eigenvalue weighted by Crippen LogP contribution is -2.08. The van der Waals surface area contributed by atoms with E-state index in [1.54, 1.807) is 0 Å². The quantitative estimate of drug-likeness (QED) is 0.621. The molecule has 17 heavy (non-hydrogen) atoms. The third kappa shape index (κ3) is 6.05. The number of benzene rings is 1. The molecule has 0 fully saturated rings. The van der Waals surface area contributed by atoms with Crippen LogP contribution >= 0.6 is 15.9 Å². The molecular weight excluding hydrogens is 282 g/mol. The zero-order valence-corrected chi connectivity index (χ0v) is 12.0. The van der Waals surface area contributed by atoms with Crippen LogP contribution in [0.15, 0.2) is 22.7 Å². The first-order valence-corrected chi connectivity index (χ1v) is 6.58. The van der Waals surface area contributed by atoms with Crippen LogP contribution in [-0.4, -0.2) is 19.8 Å². The van der Waals surface area contributed by atoms with Crippen LogP contribution in [0.3, 0.4) is 0 Å². The Morgan fingerprint density at radius 3 is 2.59 bits per heavy atom. The Kier molecular flexibility index (Phi) is 6.55. The summed E-state index contributed by atoms with van der Waals surface area (Å²) < 4.78 is 11.9. The van der Waals surface area contributed by atoms with Gasteiger partial charge >= 0.3 is 0 Å². The molecule has 0 saturated carbocycles. The lowest BCUT2D eigenvalue weighted by atomic mass is 10.2. The summed E-state index contributed by atoms with van der Waals surface area (Å²) >= 11 is 3.46. The van der Waals surface area contributed by atoms with Crippen molar-refractivity contribution in [1.82, 2.24) is 0 Å². The molecule has 0 bridgehead atoms. The summed E-state index contributed by atoms with van der Waals surface area (Å²) in [5.74, 6) is 0.571. The monoisotopic (exact) mass is 301 g/mol. The molecule has 3 nitrogen and oxygen atoms in total. The summed E-state index contributed by atoms with van der Waals surface area (Å²) in [5.41, 5.74) is 7.51. The molecule has 0 atom stereocenters. The van der Waals surface area contributed by atoms with Crippen LogP contribution in [0.2, 0.25) is 0 Å². The van der Waals surface area contributed by atoms with Gasteiger partial charge in [-0.15, -0.1) is 0 Å². The van der Waals surface area contributed by atoms with Gasteiger partial charge in [0, 0.05) is 16.8 Å². The maximum Gasteiger partial charge on any atom is 0.0729 e. The van der Waals surface area contributed by atoms with Gasteiger partial charge in [0.1, 0.15) is 0 Å². The predicted octanol–water partition coefficient (Wildman–Crippen LogP) is 3.22. The van der Waals surface area contributed by atoms with Gasteiger partial charge in [0.25, 0.3) is 0 Å². The Bertz CT molecular complexity index is 342. The van der Waals surface area contributed by atoms with Crippen molar-refractivity contribution in [2.45, 2.75) is 20.5 Å². The van der Waals surface area contributed by atoms with Crippen LogP contribution < -0.4 is 5.73 Å². The maximum absolute atomic E-state index is 5.66. The van der Waals surface area contributed by atoms with E-state index in [-0.39, 0.29) is 0 Å². The largest absolute Gasteiger partial charge is 0.399 e. The molecule has 0 radical (unpaired) electrons. The molecule has 0 heterocycles. The number of nitrogens with two attached hydrogens (primary N) is 1. The second-order valence-corrected chi connectivity index (χ2v) is 5.23. The van der Waals surface area contributed by atoms with Gasteiger partial charge in [0.15, 0.2) is 0 Å². The Labute approximate surface area is 111 Å². The lowest BCUT2D eigenvalue weighted by Gasteiger charge is -2.09. The minimum atomic E-state index is 0.571. The number of anilines is 1. The molecule has 0 saturated heterocycles. The molecule has 0 amide bonds. The van der Waals surface area contributed by atoms with Crippen molar-refractivity contribution in [2.24, 2.45) is 5.92 Å². The zero-order chi connectivity index (χ0) is 12.7. The Balaban J connectivity index is 2.18. The number of hydrogen-bond donors (Lipinski definition) is 1. The van der Waals surface area contributed by atoms with E-state index in [0.29, 0.717) is 25.7 Å². The molecule has 1 rings (SSSR count). The average Bonchev–Trinajstić information content (AvgIpc) is 2.25. The normalized spacial score (nSPS) is 11.1. The topological polar surface area (TPSA) is 44.5 Å². The second kappa shape index (κ2) is 7.69. The molecular formula is C13H20BrNO2. The zero-order valence-electron chi connectivity index (χ0n) is 10.4. The summed E-state index contributed by atoms with van der Waals surface area (Å²) in [7, 11) is 0. The molecule has 1 aromatic rings. The van der Waals surface area contributed by atoms with Crippen LogP contribution in [-0.2, 0) is 16.1 Å². The van der Waals surface area contributed by atoms with Crippen molar-refractivity contribution in [3.8, 4) is 0 Å². The van der Waals surface area contributed by atoms with Crippen LogP contribution in [0.4, 0.5) is 5.69 Å². The Morgan fingerprint density at radius 2 is 1.94 bits per heavy atom.